The Morgan fingerprint density at radius 3 is 2.75 bits per heavy atom. The fourth-order valence-electron chi connectivity index (χ4n) is 3.80. The number of hydrogen-bond donors (Lipinski definition) is 1. The molecular weight excluding hydrogens is 359 g/mol. The molecule has 1 aliphatic rings. The zero-order valence-corrected chi connectivity index (χ0v) is 15.6. The average Bonchev–Trinajstić information content (AvgIpc) is 2.67. The van der Waals surface area contributed by atoms with E-state index in [1.54, 1.807) is 31.2 Å². The molecule has 0 fully saturated rings. The van der Waals surface area contributed by atoms with E-state index >= 15 is 0 Å². The Balaban J connectivity index is 1.81. The number of anilines is 1. The number of hydrogen-bond acceptors (Lipinski definition) is 6. The number of nitrogen functional groups attached to an aromatic ring is 1. The smallest absolute Gasteiger partial charge is 0.220 e. The first kappa shape index (κ1) is 18.0. The molecule has 2 N–H and O–H groups in total. The van der Waals surface area contributed by atoms with Gasteiger partial charge in [-0.1, -0.05) is 12.1 Å². The lowest BCUT2D eigenvalue weighted by atomic mass is 9.79. The van der Waals surface area contributed by atoms with Gasteiger partial charge in [0, 0.05) is 18.1 Å². The molecule has 0 amide bonds. The first-order valence-corrected chi connectivity index (χ1v) is 8.93. The monoisotopic (exact) mass is 378 g/mol. The van der Waals surface area contributed by atoms with E-state index < -0.39 is 0 Å². The lowest BCUT2D eigenvalue weighted by Gasteiger charge is -2.26. The van der Waals surface area contributed by atoms with Crippen LogP contribution in [0.1, 0.15) is 39.6 Å². The minimum absolute atomic E-state index is 0.0300. The van der Waals surface area contributed by atoms with E-state index in [9.17, 15) is 9.18 Å². The summed E-state index contributed by atoms with van der Waals surface area (Å²) in [6, 6.07) is 9.88. The van der Waals surface area contributed by atoms with Crippen LogP contribution < -0.4 is 10.5 Å². The minimum atomic E-state index is -0.367. The highest BCUT2D eigenvalue weighted by Crippen LogP contribution is 2.38. The van der Waals surface area contributed by atoms with Crippen molar-refractivity contribution < 1.29 is 13.9 Å². The standard InChI is InChI=1S/C21H19FN4O2/c1-11-20-17(26-21(23)24-11)8-12(9-18(20)27)14-7-6-13(22)10-15(14)16-4-3-5-19(25-16)28-2/h3-7,10,12H,8-9H2,1-2H3,(H2,23,24,26)/t12-/m1/s1. The maximum absolute atomic E-state index is 14.0. The van der Waals surface area contributed by atoms with Crippen molar-refractivity contribution in [2.75, 3.05) is 12.8 Å². The number of nitrogens with two attached hydrogens (primary N) is 1. The predicted molar refractivity (Wildman–Crippen MR) is 103 cm³/mol. The van der Waals surface area contributed by atoms with Gasteiger partial charge < -0.3 is 10.5 Å². The van der Waals surface area contributed by atoms with Crippen molar-refractivity contribution in [3.63, 3.8) is 0 Å². The number of aryl methyl sites for hydroxylation is 1. The third-order valence-electron chi connectivity index (χ3n) is 5.00. The summed E-state index contributed by atoms with van der Waals surface area (Å²) in [6.45, 7) is 1.76. The Morgan fingerprint density at radius 2 is 1.96 bits per heavy atom. The van der Waals surface area contributed by atoms with Crippen LogP contribution in [-0.2, 0) is 6.42 Å². The van der Waals surface area contributed by atoms with Gasteiger partial charge in [0.1, 0.15) is 5.82 Å². The Bertz CT molecular complexity index is 1080. The molecule has 0 radical (unpaired) electrons. The summed E-state index contributed by atoms with van der Waals surface area (Å²) in [5.41, 5.74) is 9.63. The molecule has 0 saturated carbocycles. The molecule has 0 saturated heterocycles. The summed E-state index contributed by atoms with van der Waals surface area (Å²) < 4.78 is 19.2. The van der Waals surface area contributed by atoms with Crippen molar-refractivity contribution >= 4 is 11.7 Å². The maximum atomic E-state index is 14.0. The van der Waals surface area contributed by atoms with Crippen molar-refractivity contribution in [2.24, 2.45) is 0 Å². The summed E-state index contributed by atoms with van der Waals surface area (Å²) in [7, 11) is 1.53. The minimum Gasteiger partial charge on any atom is -0.481 e. The number of carbonyl (C=O) groups excluding carboxylic acids is 1. The van der Waals surface area contributed by atoms with E-state index in [1.165, 1.54) is 19.2 Å². The van der Waals surface area contributed by atoms with Crippen LogP contribution in [0.3, 0.4) is 0 Å². The lowest BCUT2D eigenvalue weighted by molar-refractivity contribution is 0.0962. The highest BCUT2D eigenvalue weighted by Gasteiger charge is 2.31. The van der Waals surface area contributed by atoms with Gasteiger partial charge in [0.25, 0.3) is 0 Å². The van der Waals surface area contributed by atoms with Crippen LogP contribution >= 0.6 is 0 Å². The Hall–Kier alpha value is -3.35. The van der Waals surface area contributed by atoms with Crippen LogP contribution in [0.15, 0.2) is 36.4 Å². The van der Waals surface area contributed by atoms with Crippen molar-refractivity contribution in [3.05, 3.63) is 64.7 Å². The van der Waals surface area contributed by atoms with Gasteiger partial charge in [0.05, 0.1) is 29.8 Å². The van der Waals surface area contributed by atoms with Gasteiger partial charge >= 0.3 is 0 Å². The molecule has 1 atom stereocenters. The Labute approximate surface area is 161 Å². The molecule has 4 rings (SSSR count). The van der Waals surface area contributed by atoms with Crippen molar-refractivity contribution in [1.82, 2.24) is 15.0 Å². The molecule has 142 valence electrons. The van der Waals surface area contributed by atoms with E-state index in [4.69, 9.17) is 10.5 Å². The topological polar surface area (TPSA) is 91.0 Å². The van der Waals surface area contributed by atoms with Gasteiger partial charge in [0.15, 0.2) is 5.78 Å². The Kier molecular flexibility index (Phi) is 4.50. The zero-order valence-electron chi connectivity index (χ0n) is 15.6. The van der Waals surface area contributed by atoms with Crippen molar-refractivity contribution in [1.29, 1.82) is 0 Å². The fourth-order valence-corrected chi connectivity index (χ4v) is 3.80. The number of Topliss-reactive ketones (excluding diaryl/α,β-unsaturated/α-hetero) is 1. The largest absolute Gasteiger partial charge is 0.481 e. The number of benzene rings is 1. The number of ketones is 1. The number of carbonyl (C=O) groups is 1. The molecule has 0 aliphatic heterocycles. The maximum Gasteiger partial charge on any atom is 0.220 e. The molecule has 0 bridgehead atoms. The number of fused-ring (bicyclic) bond motifs is 1. The lowest BCUT2D eigenvalue weighted by Crippen LogP contribution is -2.23. The summed E-state index contributed by atoms with van der Waals surface area (Å²) in [6.07, 6.45) is 0.820. The molecule has 1 aromatic carbocycles. The van der Waals surface area contributed by atoms with Crippen LogP contribution in [0.2, 0.25) is 0 Å². The van der Waals surface area contributed by atoms with Crippen LogP contribution in [0, 0.1) is 12.7 Å². The molecule has 0 spiro atoms. The van der Waals surface area contributed by atoms with Crippen molar-refractivity contribution in [2.45, 2.75) is 25.7 Å². The van der Waals surface area contributed by atoms with Gasteiger partial charge in [0.2, 0.25) is 11.8 Å². The number of nitrogens with zero attached hydrogens (tertiary/aromatic N) is 3. The number of halogens is 1. The summed E-state index contributed by atoms with van der Waals surface area (Å²) in [5, 5.41) is 0. The Morgan fingerprint density at radius 1 is 1.14 bits per heavy atom. The van der Waals surface area contributed by atoms with Crippen LogP contribution in [0.4, 0.5) is 10.3 Å². The van der Waals surface area contributed by atoms with Gasteiger partial charge in [-0.25, -0.2) is 19.3 Å². The molecule has 3 aromatic rings. The summed E-state index contributed by atoms with van der Waals surface area (Å²) >= 11 is 0. The molecule has 6 nitrogen and oxygen atoms in total. The molecule has 2 aromatic heterocycles. The summed E-state index contributed by atoms with van der Waals surface area (Å²) in [5.74, 6) is 0.0376. The second-order valence-electron chi connectivity index (χ2n) is 6.81. The first-order valence-electron chi connectivity index (χ1n) is 8.93. The average molecular weight is 378 g/mol. The number of rotatable bonds is 3. The SMILES string of the molecule is COc1cccc(-c2cc(F)ccc2[C@H]2CC(=O)c3c(C)nc(N)nc3C2)n1. The second kappa shape index (κ2) is 6.99. The van der Waals surface area contributed by atoms with Gasteiger partial charge in [-0.3, -0.25) is 4.79 Å². The highest BCUT2D eigenvalue weighted by molar-refractivity contribution is 6.00. The van der Waals surface area contributed by atoms with Crippen LogP contribution in [-0.4, -0.2) is 27.8 Å². The number of methoxy groups -OCH3 is 1. The normalized spacial score (nSPS) is 16.0. The molecular formula is C21H19FN4O2. The van der Waals surface area contributed by atoms with Crippen LogP contribution in [0.5, 0.6) is 5.88 Å². The number of ether oxygens (including phenoxy) is 1. The molecule has 1 aliphatic carbocycles. The van der Waals surface area contributed by atoms with E-state index in [0.29, 0.717) is 46.9 Å². The zero-order chi connectivity index (χ0) is 19.8. The third kappa shape index (κ3) is 3.19. The summed E-state index contributed by atoms with van der Waals surface area (Å²) in [4.78, 5) is 25.6. The molecule has 2 heterocycles. The fraction of sp³-hybridized carbons (Fsp3) is 0.238. The molecule has 0 unspecified atom stereocenters. The predicted octanol–water partition coefficient (Wildman–Crippen LogP) is 3.49. The van der Waals surface area contributed by atoms with E-state index in [0.717, 1.165) is 5.56 Å². The van der Waals surface area contributed by atoms with Gasteiger partial charge in [-0.15, -0.1) is 0 Å². The van der Waals surface area contributed by atoms with E-state index in [2.05, 4.69) is 15.0 Å². The highest BCUT2D eigenvalue weighted by atomic mass is 19.1. The number of aromatic nitrogens is 3. The molecule has 28 heavy (non-hydrogen) atoms. The second-order valence-corrected chi connectivity index (χ2v) is 6.81. The van der Waals surface area contributed by atoms with Crippen molar-refractivity contribution in [3.8, 4) is 17.1 Å². The quantitative estimate of drug-likeness (QED) is 0.750. The number of pyridine rings is 1. The van der Waals surface area contributed by atoms with E-state index in [1.807, 2.05) is 0 Å². The van der Waals surface area contributed by atoms with Gasteiger partial charge in [-0.2, -0.15) is 0 Å². The van der Waals surface area contributed by atoms with Gasteiger partial charge in [-0.05, 0) is 43.0 Å². The molecule has 7 heteroatoms. The van der Waals surface area contributed by atoms with E-state index in [-0.39, 0.29) is 23.5 Å². The third-order valence-corrected chi connectivity index (χ3v) is 5.00. The first-order chi connectivity index (χ1) is 13.5. The van der Waals surface area contributed by atoms with Crippen LogP contribution in [0.25, 0.3) is 11.3 Å².